The zero-order valence-electron chi connectivity index (χ0n) is 25.7. The minimum Gasteiger partial charge on any atom is -0.444 e. The number of hydrogen-bond donors (Lipinski definition) is 5. The number of amides is 4. The first kappa shape index (κ1) is 35.4. The van der Waals surface area contributed by atoms with Crippen molar-refractivity contribution in [2.75, 3.05) is 6.54 Å². The second-order valence-electron chi connectivity index (χ2n) is 12.2. The fourth-order valence-electron chi connectivity index (χ4n) is 4.52. The molecule has 0 aromatic heterocycles. The van der Waals surface area contributed by atoms with Gasteiger partial charge in [-0.3, -0.25) is 14.4 Å². The molecular weight excluding hydrogens is 512 g/mol. The van der Waals surface area contributed by atoms with Gasteiger partial charge in [0.25, 0.3) is 0 Å². The van der Waals surface area contributed by atoms with E-state index in [0.717, 1.165) is 32.1 Å². The number of alkyl carbamates (subject to hydrolysis) is 1. The van der Waals surface area contributed by atoms with Gasteiger partial charge >= 0.3 is 6.09 Å². The number of rotatable bonds is 8. The molecule has 1 rings (SSSR count). The SMILES string of the molecule is CCCCNC(=O)[C@H](C)C[C@H](O)[C@@H]1C[C@H](C)CC/C=C/CCC[C@H](NC(=O)OC(C)(C)C)C(=O)N[C@@H](C)C(=O)N1. The van der Waals surface area contributed by atoms with Gasteiger partial charge in [-0.25, -0.2) is 4.79 Å². The summed E-state index contributed by atoms with van der Waals surface area (Å²) in [7, 11) is 0. The summed E-state index contributed by atoms with van der Waals surface area (Å²) in [5.41, 5.74) is -0.713. The maximum Gasteiger partial charge on any atom is 0.408 e. The Balaban J connectivity index is 3.00. The Morgan fingerprint density at radius 1 is 1.10 bits per heavy atom. The van der Waals surface area contributed by atoms with Gasteiger partial charge in [-0.1, -0.05) is 39.3 Å². The van der Waals surface area contributed by atoms with Crippen molar-refractivity contribution in [3.8, 4) is 0 Å². The van der Waals surface area contributed by atoms with E-state index < -0.39 is 53.7 Å². The van der Waals surface area contributed by atoms with Crippen LogP contribution in [0.1, 0.15) is 106 Å². The van der Waals surface area contributed by atoms with Crippen LogP contribution >= 0.6 is 0 Å². The molecule has 10 nitrogen and oxygen atoms in total. The summed E-state index contributed by atoms with van der Waals surface area (Å²) >= 11 is 0. The fraction of sp³-hybridized carbons (Fsp3) is 0.800. The number of ether oxygens (including phenoxy) is 1. The van der Waals surface area contributed by atoms with Gasteiger partial charge in [0.2, 0.25) is 17.7 Å². The molecule has 1 aliphatic rings. The van der Waals surface area contributed by atoms with Crippen molar-refractivity contribution in [3.05, 3.63) is 12.2 Å². The first-order valence-electron chi connectivity index (χ1n) is 14.9. The lowest BCUT2D eigenvalue weighted by Crippen LogP contribution is -2.55. The molecule has 0 radical (unpaired) electrons. The number of carbonyl (C=O) groups is 4. The molecule has 6 atom stereocenters. The summed E-state index contributed by atoms with van der Waals surface area (Å²) in [6.07, 6.45) is 8.73. The van der Waals surface area contributed by atoms with Crippen LogP contribution in [0.5, 0.6) is 0 Å². The maximum atomic E-state index is 13.1. The highest BCUT2D eigenvalue weighted by Crippen LogP contribution is 2.20. The van der Waals surface area contributed by atoms with Crippen molar-refractivity contribution in [1.82, 2.24) is 21.3 Å². The molecule has 1 aliphatic heterocycles. The lowest BCUT2D eigenvalue weighted by Gasteiger charge is -2.30. The smallest absolute Gasteiger partial charge is 0.408 e. The predicted molar refractivity (Wildman–Crippen MR) is 156 cm³/mol. The van der Waals surface area contributed by atoms with Crippen LogP contribution in [0.25, 0.3) is 0 Å². The Hall–Kier alpha value is -2.62. The molecule has 0 unspecified atom stereocenters. The Morgan fingerprint density at radius 2 is 1.77 bits per heavy atom. The zero-order valence-corrected chi connectivity index (χ0v) is 25.7. The summed E-state index contributed by atoms with van der Waals surface area (Å²) in [5, 5.41) is 22.3. The number of hydrogen-bond acceptors (Lipinski definition) is 6. The first-order valence-corrected chi connectivity index (χ1v) is 14.9. The van der Waals surface area contributed by atoms with Gasteiger partial charge in [0.15, 0.2) is 0 Å². The van der Waals surface area contributed by atoms with E-state index in [0.29, 0.717) is 25.8 Å². The molecule has 10 heteroatoms. The number of carbonyl (C=O) groups excluding carboxylic acids is 4. The molecular formula is C30H54N4O6. The molecule has 5 N–H and O–H groups in total. The molecule has 1 heterocycles. The summed E-state index contributed by atoms with van der Waals surface area (Å²) in [6.45, 7) is 13.3. The Labute approximate surface area is 240 Å². The molecule has 4 amide bonds. The monoisotopic (exact) mass is 566 g/mol. The van der Waals surface area contributed by atoms with Gasteiger partial charge in [0.1, 0.15) is 17.7 Å². The number of unbranched alkanes of at least 4 members (excludes halogenated alkanes) is 1. The van der Waals surface area contributed by atoms with E-state index in [4.69, 9.17) is 4.74 Å². The Kier molecular flexibility index (Phi) is 15.9. The molecule has 0 aromatic rings. The number of allylic oxidation sites excluding steroid dienone is 2. The van der Waals surface area contributed by atoms with Crippen LogP contribution in [0.2, 0.25) is 0 Å². The maximum absolute atomic E-state index is 13.1. The normalized spacial score (nSPS) is 26.0. The average Bonchev–Trinajstić information content (AvgIpc) is 2.85. The van der Waals surface area contributed by atoms with Gasteiger partial charge < -0.3 is 31.1 Å². The fourth-order valence-corrected chi connectivity index (χ4v) is 4.52. The third-order valence-corrected chi connectivity index (χ3v) is 6.94. The lowest BCUT2D eigenvalue weighted by molar-refractivity contribution is -0.130. The third-order valence-electron chi connectivity index (χ3n) is 6.94. The lowest BCUT2D eigenvalue weighted by atomic mass is 9.89. The molecule has 0 aliphatic carbocycles. The predicted octanol–water partition coefficient (Wildman–Crippen LogP) is 3.72. The Morgan fingerprint density at radius 3 is 2.42 bits per heavy atom. The molecule has 0 saturated heterocycles. The largest absolute Gasteiger partial charge is 0.444 e. The van der Waals surface area contributed by atoms with E-state index in [1.165, 1.54) is 0 Å². The molecule has 0 bridgehead atoms. The second kappa shape index (κ2) is 17.9. The second-order valence-corrected chi connectivity index (χ2v) is 12.2. The van der Waals surface area contributed by atoms with Crippen molar-refractivity contribution in [2.24, 2.45) is 11.8 Å². The highest BCUT2D eigenvalue weighted by molar-refractivity contribution is 5.91. The van der Waals surface area contributed by atoms with Crippen LogP contribution in [0, 0.1) is 11.8 Å². The van der Waals surface area contributed by atoms with Crippen LogP contribution in [0.15, 0.2) is 12.2 Å². The van der Waals surface area contributed by atoms with Crippen molar-refractivity contribution in [3.63, 3.8) is 0 Å². The zero-order chi connectivity index (χ0) is 30.3. The minimum absolute atomic E-state index is 0.116. The van der Waals surface area contributed by atoms with E-state index in [1.54, 1.807) is 34.6 Å². The molecule has 0 fully saturated rings. The Bertz CT molecular complexity index is 841. The van der Waals surface area contributed by atoms with Crippen LogP contribution in [0.3, 0.4) is 0 Å². The third kappa shape index (κ3) is 14.7. The highest BCUT2D eigenvalue weighted by atomic mass is 16.6. The van der Waals surface area contributed by atoms with E-state index >= 15 is 0 Å². The van der Waals surface area contributed by atoms with Crippen molar-refractivity contribution < 1.29 is 29.0 Å². The van der Waals surface area contributed by atoms with E-state index in [9.17, 15) is 24.3 Å². The highest BCUT2D eigenvalue weighted by Gasteiger charge is 2.30. The molecule has 0 saturated carbocycles. The molecule has 40 heavy (non-hydrogen) atoms. The van der Waals surface area contributed by atoms with Gasteiger partial charge in [-0.05, 0) is 85.0 Å². The summed E-state index contributed by atoms with van der Waals surface area (Å²) in [4.78, 5) is 51.1. The number of aliphatic hydroxyl groups excluding tert-OH is 1. The first-order chi connectivity index (χ1) is 18.7. The van der Waals surface area contributed by atoms with Crippen molar-refractivity contribution in [2.45, 2.75) is 136 Å². The molecule has 230 valence electrons. The quantitative estimate of drug-likeness (QED) is 0.224. The standard InChI is InChI=1S/C30H54N4O6/c1-8-9-17-31-26(36)21(3)19-25(35)24-18-20(2)15-13-11-10-12-14-16-23(34-29(39)40-30(5,6)7)28(38)32-22(4)27(37)33-24/h10-11,20-25,35H,8-9,12-19H2,1-7H3,(H,31,36)(H,32,38)(H,33,37)(H,34,39)/b11-10+/t20-,21-,22+,23+,24+,25+/m1/s1. The van der Waals surface area contributed by atoms with Crippen LogP contribution < -0.4 is 21.3 Å². The van der Waals surface area contributed by atoms with Crippen molar-refractivity contribution >= 4 is 23.8 Å². The summed E-state index contributed by atoms with van der Waals surface area (Å²) < 4.78 is 5.32. The van der Waals surface area contributed by atoms with Crippen LogP contribution in [-0.4, -0.2) is 65.3 Å². The van der Waals surface area contributed by atoms with Gasteiger partial charge in [-0.2, -0.15) is 0 Å². The minimum atomic E-state index is -0.933. The van der Waals surface area contributed by atoms with E-state index in [-0.39, 0.29) is 18.2 Å². The average molecular weight is 567 g/mol. The topological polar surface area (TPSA) is 146 Å². The van der Waals surface area contributed by atoms with Gasteiger partial charge in [0, 0.05) is 12.5 Å². The van der Waals surface area contributed by atoms with E-state index in [2.05, 4.69) is 47.3 Å². The van der Waals surface area contributed by atoms with Crippen LogP contribution in [-0.2, 0) is 19.1 Å². The summed E-state index contributed by atoms with van der Waals surface area (Å²) in [5.74, 6) is -1.23. The number of aliphatic hydroxyl groups is 1. The van der Waals surface area contributed by atoms with Crippen molar-refractivity contribution in [1.29, 1.82) is 0 Å². The summed E-state index contributed by atoms with van der Waals surface area (Å²) in [6, 6.07) is -2.34. The van der Waals surface area contributed by atoms with Gasteiger partial charge in [0.05, 0.1) is 12.1 Å². The molecule has 0 spiro atoms. The number of nitrogens with one attached hydrogen (secondary N) is 4. The molecule has 0 aromatic carbocycles. The van der Waals surface area contributed by atoms with E-state index in [1.807, 2.05) is 0 Å². The van der Waals surface area contributed by atoms with Crippen LogP contribution in [0.4, 0.5) is 4.79 Å². The van der Waals surface area contributed by atoms with Gasteiger partial charge in [-0.15, -0.1) is 0 Å².